The number of hydrogen-bond donors (Lipinski definition) is 2. The van der Waals surface area contributed by atoms with Crippen molar-refractivity contribution in [3.05, 3.63) is 65.2 Å². The topological polar surface area (TPSA) is 83.5 Å². The Morgan fingerprint density at radius 3 is 2.45 bits per heavy atom. The normalized spacial score (nSPS) is 11.5. The summed E-state index contributed by atoms with van der Waals surface area (Å²) in [5.74, 6) is -1.14. The summed E-state index contributed by atoms with van der Waals surface area (Å²) in [7, 11) is -3.76. The lowest BCUT2D eigenvalue weighted by atomic mass is 10.1. The van der Waals surface area contributed by atoms with E-state index in [-0.39, 0.29) is 10.6 Å². The van der Waals surface area contributed by atoms with Gasteiger partial charge in [0.1, 0.15) is 0 Å². The number of carboxylic acids is 1. The highest BCUT2D eigenvalue weighted by molar-refractivity contribution is 7.92. The van der Waals surface area contributed by atoms with Gasteiger partial charge in [-0.1, -0.05) is 29.8 Å². The molecule has 0 amide bonds. The van der Waals surface area contributed by atoms with Crippen LogP contribution in [0.1, 0.15) is 5.56 Å². The second-order valence-corrected chi connectivity index (χ2v) is 6.44. The highest BCUT2D eigenvalue weighted by atomic mass is 35.5. The molecule has 22 heavy (non-hydrogen) atoms. The van der Waals surface area contributed by atoms with Gasteiger partial charge in [0.2, 0.25) is 0 Å². The molecule has 0 aromatic heterocycles. The van der Waals surface area contributed by atoms with E-state index >= 15 is 0 Å². The molecule has 2 aromatic carbocycles. The fourth-order valence-electron chi connectivity index (χ4n) is 1.73. The maximum absolute atomic E-state index is 12.3. The number of anilines is 1. The van der Waals surface area contributed by atoms with E-state index < -0.39 is 16.0 Å². The van der Waals surface area contributed by atoms with Gasteiger partial charge in [0.15, 0.2) is 0 Å². The van der Waals surface area contributed by atoms with Crippen molar-refractivity contribution in [1.29, 1.82) is 0 Å². The van der Waals surface area contributed by atoms with Gasteiger partial charge in [-0.15, -0.1) is 0 Å². The van der Waals surface area contributed by atoms with Crippen molar-refractivity contribution in [2.75, 3.05) is 4.72 Å². The van der Waals surface area contributed by atoms with E-state index in [1.54, 1.807) is 18.2 Å². The van der Waals surface area contributed by atoms with Gasteiger partial charge in [0, 0.05) is 16.7 Å². The average molecular weight is 338 g/mol. The van der Waals surface area contributed by atoms with Crippen LogP contribution in [0.25, 0.3) is 6.08 Å². The number of halogens is 1. The molecule has 0 saturated heterocycles. The van der Waals surface area contributed by atoms with E-state index in [0.29, 0.717) is 10.6 Å². The van der Waals surface area contributed by atoms with Gasteiger partial charge in [0.25, 0.3) is 10.0 Å². The first-order valence-electron chi connectivity index (χ1n) is 6.17. The molecule has 0 spiro atoms. The van der Waals surface area contributed by atoms with E-state index in [2.05, 4.69) is 4.72 Å². The lowest BCUT2D eigenvalue weighted by Gasteiger charge is -2.11. The summed E-state index contributed by atoms with van der Waals surface area (Å²) in [6, 6.07) is 12.3. The van der Waals surface area contributed by atoms with E-state index in [4.69, 9.17) is 16.7 Å². The zero-order valence-electron chi connectivity index (χ0n) is 11.2. The Labute approximate surface area is 132 Å². The van der Waals surface area contributed by atoms with Crippen molar-refractivity contribution in [3.63, 3.8) is 0 Å². The van der Waals surface area contributed by atoms with Crippen LogP contribution in [0.5, 0.6) is 0 Å². The molecule has 0 saturated carbocycles. The smallest absolute Gasteiger partial charge is 0.328 e. The third-order valence-corrected chi connectivity index (χ3v) is 4.33. The number of nitrogens with one attached hydrogen (secondary N) is 1. The molecule has 7 heteroatoms. The highest BCUT2D eigenvalue weighted by Gasteiger charge is 2.15. The van der Waals surface area contributed by atoms with E-state index in [9.17, 15) is 13.2 Å². The average Bonchev–Trinajstić information content (AvgIpc) is 2.48. The molecule has 0 fully saturated rings. The molecule has 2 N–H and O–H groups in total. The van der Waals surface area contributed by atoms with Crippen LogP contribution in [-0.2, 0) is 14.8 Å². The molecule has 2 aromatic rings. The van der Waals surface area contributed by atoms with Gasteiger partial charge >= 0.3 is 5.97 Å². The number of benzene rings is 2. The van der Waals surface area contributed by atoms with Gasteiger partial charge in [-0.2, -0.15) is 0 Å². The number of aliphatic carboxylic acids is 1. The van der Waals surface area contributed by atoms with Crippen molar-refractivity contribution < 1.29 is 18.3 Å². The second-order valence-electron chi connectivity index (χ2n) is 4.32. The number of carboxylic acid groups (broad SMARTS) is 1. The van der Waals surface area contributed by atoms with Gasteiger partial charge in [-0.3, -0.25) is 4.72 Å². The molecule has 2 rings (SSSR count). The minimum atomic E-state index is -3.76. The highest BCUT2D eigenvalue weighted by Crippen LogP contribution is 2.24. The summed E-state index contributed by atoms with van der Waals surface area (Å²) in [5.41, 5.74) is 0.597. The third kappa shape index (κ3) is 4.09. The van der Waals surface area contributed by atoms with Crippen LogP contribution < -0.4 is 4.72 Å². The van der Waals surface area contributed by atoms with Crippen LogP contribution in [-0.4, -0.2) is 19.5 Å². The molecule has 0 aliphatic carbocycles. The molecule has 0 bridgehead atoms. The summed E-state index contributed by atoms with van der Waals surface area (Å²) < 4.78 is 27.0. The van der Waals surface area contributed by atoms with Crippen LogP contribution in [0.4, 0.5) is 5.69 Å². The van der Waals surface area contributed by atoms with E-state index in [1.807, 2.05) is 0 Å². The molecule has 5 nitrogen and oxygen atoms in total. The van der Waals surface area contributed by atoms with E-state index in [1.165, 1.54) is 36.4 Å². The zero-order valence-corrected chi connectivity index (χ0v) is 12.8. The fourth-order valence-corrected chi connectivity index (χ4v) is 3.02. The Balaban J connectivity index is 2.39. The second kappa shape index (κ2) is 6.64. The molecule has 0 heterocycles. The Hall–Kier alpha value is -2.31. The summed E-state index contributed by atoms with van der Waals surface area (Å²) in [6.45, 7) is 0. The standard InChI is InChI=1S/C15H12ClNO4S/c16-12-7-8-14(11(10-12)6-9-15(18)19)17-22(20,21)13-4-2-1-3-5-13/h1-10,17H,(H,18,19)/b9-6+. The molecule has 0 aliphatic heterocycles. The SMILES string of the molecule is O=C(O)/C=C/c1cc(Cl)ccc1NS(=O)(=O)c1ccccc1. The van der Waals surface area contributed by atoms with Crippen LogP contribution in [0.15, 0.2) is 59.5 Å². The molecule has 0 unspecified atom stereocenters. The summed E-state index contributed by atoms with van der Waals surface area (Å²) in [6.07, 6.45) is 2.18. The summed E-state index contributed by atoms with van der Waals surface area (Å²) in [4.78, 5) is 10.7. The van der Waals surface area contributed by atoms with Crippen LogP contribution >= 0.6 is 11.6 Å². The lowest BCUT2D eigenvalue weighted by molar-refractivity contribution is -0.131. The Morgan fingerprint density at radius 2 is 1.82 bits per heavy atom. The molecular formula is C15H12ClNO4S. The first-order valence-corrected chi connectivity index (χ1v) is 8.03. The Morgan fingerprint density at radius 1 is 1.14 bits per heavy atom. The minimum Gasteiger partial charge on any atom is -0.478 e. The van der Waals surface area contributed by atoms with Crippen LogP contribution in [0, 0.1) is 0 Å². The largest absolute Gasteiger partial charge is 0.478 e. The van der Waals surface area contributed by atoms with Crippen molar-refractivity contribution in [2.45, 2.75) is 4.90 Å². The predicted molar refractivity (Wildman–Crippen MR) is 85.4 cm³/mol. The summed E-state index contributed by atoms with van der Waals surface area (Å²) >= 11 is 5.86. The Kier molecular flexibility index (Phi) is 4.85. The first kappa shape index (κ1) is 16.1. The number of hydrogen-bond acceptors (Lipinski definition) is 3. The maximum Gasteiger partial charge on any atom is 0.328 e. The molecule has 0 radical (unpaired) electrons. The van der Waals surface area contributed by atoms with Gasteiger partial charge in [-0.25, -0.2) is 13.2 Å². The van der Waals surface area contributed by atoms with Crippen molar-refractivity contribution in [3.8, 4) is 0 Å². The Bertz CT molecular complexity index is 817. The monoisotopic (exact) mass is 337 g/mol. The number of rotatable bonds is 5. The van der Waals surface area contributed by atoms with Crippen molar-refractivity contribution in [2.24, 2.45) is 0 Å². The molecule has 114 valence electrons. The van der Waals surface area contributed by atoms with Crippen molar-refractivity contribution >= 4 is 39.4 Å². The van der Waals surface area contributed by atoms with Gasteiger partial charge < -0.3 is 5.11 Å². The number of sulfonamides is 1. The molecular weight excluding hydrogens is 326 g/mol. The van der Waals surface area contributed by atoms with Gasteiger partial charge in [0.05, 0.1) is 10.6 Å². The summed E-state index contributed by atoms with van der Waals surface area (Å²) in [5, 5.41) is 9.06. The van der Waals surface area contributed by atoms with E-state index in [0.717, 1.165) is 6.08 Å². The van der Waals surface area contributed by atoms with Crippen LogP contribution in [0.3, 0.4) is 0 Å². The quantitative estimate of drug-likeness (QED) is 0.820. The predicted octanol–water partition coefficient (Wildman–Crippen LogP) is 3.24. The van der Waals surface area contributed by atoms with Crippen LogP contribution in [0.2, 0.25) is 5.02 Å². The molecule has 0 aliphatic rings. The number of carbonyl (C=O) groups is 1. The minimum absolute atomic E-state index is 0.109. The third-order valence-electron chi connectivity index (χ3n) is 2.72. The van der Waals surface area contributed by atoms with Gasteiger partial charge in [-0.05, 0) is 36.4 Å². The molecule has 0 atom stereocenters. The maximum atomic E-state index is 12.3. The zero-order chi connectivity index (χ0) is 16.2. The first-order chi connectivity index (χ1) is 10.4. The van der Waals surface area contributed by atoms with Crippen molar-refractivity contribution in [1.82, 2.24) is 0 Å². The fraction of sp³-hybridized carbons (Fsp3) is 0. The lowest BCUT2D eigenvalue weighted by Crippen LogP contribution is -2.13.